The maximum atomic E-state index is 13.7. The second-order valence-corrected chi connectivity index (χ2v) is 11.2. The molecule has 0 radical (unpaired) electrons. The molecule has 1 amide bonds. The van der Waals surface area contributed by atoms with Crippen molar-refractivity contribution >= 4 is 23.1 Å². The first-order valence-electron chi connectivity index (χ1n) is 13.9. The number of aliphatic hydroxyl groups excluding tert-OH is 1. The van der Waals surface area contributed by atoms with Gasteiger partial charge in [-0.15, -0.1) is 0 Å². The third-order valence-electron chi connectivity index (χ3n) is 7.38. The van der Waals surface area contributed by atoms with E-state index < -0.39 is 17.7 Å². The second kappa shape index (κ2) is 11.7. The Labute approximate surface area is 242 Å². The zero-order valence-corrected chi connectivity index (χ0v) is 25.1. The molecule has 0 aromatic heterocycles. The lowest BCUT2D eigenvalue weighted by molar-refractivity contribution is -0.132. The van der Waals surface area contributed by atoms with E-state index in [1.54, 1.807) is 37.4 Å². The Bertz CT molecular complexity index is 1510. The fourth-order valence-electron chi connectivity index (χ4n) is 5.12. The number of carbonyl (C=O) groups is 2. The van der Waals surface area contributed by atoms with Crippen molar-refractivity contribution in [2.75, 3.05) is 25.2 Å². The molecular weight excluding hydrogens is 518 g/mol. The van der Waals surface area contributed by atoms with E-state index in [2.05, 4.69) is 20.8 Å². The molecular formula is C34H39NO6. The van der Waals surface area contributed by atoms with Crippen LogP contribution in [0.4, 0.5) is 5.69 Å². The number of aryl methyl sites for hydroxylation is 2. The molecule has 0 bridgehead atoms. The van der Waals surface area contributed by atoms with E-state index >= 15 is 0 Å². The molecule has 1 atom stereocenters. The van der Waals surface area contributed by atoms with Crippen molar-refractivity contribution < 1.29 is 28.9 Å². The Hall–Kier alpha value is -4.26. The van der Waals surface area contributed by atoms with E-state index in [-0.39, 0.29) is 16.7 Å². The smallest absolute Gasteiger partial charge is 0.300 e. The van der Waals surface area contributed by atoms with Gasteiger partial charge >= 0.3 is 0 Å². The molecule has 1 aliphatic rings. The number of ether oxygens (including phenoxy) is 3. The second-order valence-electron chi connectivity index (χ2n) is 11.2. The highest BCUT2D eigenvalue weighted by Crippen LogP contribution is 2.45. The highest BCUT2D eigenvalue weighted by Gasteiger charge is 2.47. The minimum absolute atomic E-state index is 0.00450. The van der Waals surface area contributed by atoms with Crippen LogP contribution in [0.3, 0.4) is 0 Å². The molecule has 216 valence electrons. The Balaban J connectivity index is 1.99. The number of hydrogen-bond donors (Lipinski definition) is 1. The van der Waals surface area contributed by atoms with Gasteiger partial charge in [0.05, 0.1) is 31.9 Å². The van der Waals surface area contributed by atoms with Gasteiger partial charge in [-0.3, -0.25) is 14.5 Å². The standard InChI is InChI=1S/C34H39NO6/c1-9-40-26-15-13-23(18-25(26)34(5,6)7)31(36)29-30(22-12-16-27(39-8)28(19-22)41-10-2)35(33(38)32(29)37)24-14-11-20(3)21(4)17-24/h11-19,30,36H,9-10H2,1-8H3/b31-29+. The van der Waals surface area contributed by atoms with Gasteiger partial charge in [-0.2, -0.15) is 0 Å². The van der Waals surface area contributed by atoms with Crippen LogP contribution in [-0.4, -0.2) is 37.1 Å². The Morgan fingerprint density at radius 2 is 1.51 bits per heavy atom. The Kier molecular flexibility index (Phi) is 8.47. The van der Waals surface area contributed by atoms with E-state index in [1.807, 2.05) is 52.0 Å². The van der Waals surface area contributed by atoms with E-state index in [0.29, 0.717) is 47.3 Å². The average molecular weight is 558 g/mol. The van der Waals surface area contributed by atoms with Gasteiger partial charge < -0.3 is 19.3 Å². The predicted octanol–water partition coefficient (Wildman–Crippen LogP) is 7.03. The van der Waals surface area contributed by atoms with Crippen LogP contribution in [0.15, 0.2) is 60.2 Å². The van der Waals surface area contributed by atoms with Crippen LogP contribution >= 0.6 is 0 Å². The number of Topliss-reactive ketones (excluding diaryl/α,β-unsaturated/α-hetero) is 1. The quantitative estimate of drug-likeness (QED) is 0.182. The number of benzene rings is 3. The van der Waals surface area contributed by atoms with Gasteiger partial charge in [0, 0.05) is 16.8 Å². The molecule has 1 aliphatic heterocycles. The lowest BCUT2D eigenvalue weighted by Gasteiger charge is -2.27. The first kappa shape index (κ1) is 29.7. The van der Waals surface area contributed by atoms with Crippen molar-refractivity contribution in [2.45, 2.75) is 59.9 Å². The third kappa shape index (κ3) is 5.67. The summed E-state index contributed by atoms with van der Waals surface area (Å²) in [6.07, 6.45) is 0. The molecule has 0 spiro atoms. The van der Waals surface area contributed by atoms with Crippen molar-refractivity contribution in [3.05, 3.63) is 88.0 Å². The maximum absolute atomic E-state index is 13.7. The summed E-state index contributed by atoms with van der Waals surface area (Å²) in [6.45, 7) is 14.8. The molecule has 41 heavy (non-hydrogen) atoms. The van der Waals surface area contributed by atoms with Crippen LogP contribution in [0.5, 0.6) is 17.2 Å². The van der Waals surface area contributed by atoms with Gasteiger partial charge in [-0.25, -0.2) is 0 Å². The van der Waals surface area contributed by atoms with Crippen LogP contribution in [0.1, 0.15) is 68.5 Å². The lowest BCUT2D eigenvalue weighted by atomic mass is 9.84. The number of amides is 1. The van der Waals surface area contributed by atoms with E-state index in [9.17, 15) is 14.7 Å². The number of anilines is 1. The number of carbonyl (C=O) groups excluding carboxylic acids is 2. The zero-order chi connectivity index (χ0) is 30.1. The highest BCUT2D eigenvalue weighted by atomic mass is 16.5. The van der Waals surface area contributed by atoms with Crippen LogP contribution in [0, 0.1) is 13.8 Å². The Morgan fingerprint density at radius 1 is 0.854 bits per heavy atom. The summed E-state index contributed by atoms with van der Waals surface area (Å²) >= 11 is 0. The number of rotatable bonds is 8. The van der Waals surface area contributed by atoms with Crippen LogP contribution in [0.25, 0.3) is 5.76 Å². The van der Waals surface area contributed by atoms with Crippen molar-refractivity contribution in [1.82, 2.24) is 0 Å². The van der Waals surface area contributed by atoms with Gasteiger partial charge in [0.25, 0.3) is 11.7 Å². The molecule has 1 heterocycles. The van der Waals surface area contributed by atoms with Crippen LogP contribution < -0.4 is 19.1 Å². The molecule has 4 rings (SSSR count). The number of nitrogens with zero attached hydrogens (tertiary/aromatic N) is 1. The van der Waals surface area contributed by atoms with Crippen molar-refractivity contribution in [3.63, 3.8) is 0 Å². The molecule has 1 fully saturated rings. The summed E-state index contributed by atoms with van der Waals surface area (Å²) < 4.78 is 17.1. The van der Waals surface area contributed by atoms with Crippen LogP contribution in [0.2, 0.25) is 0 Å². The fraction of sp³-hybridized carbons (Fsp3) is 0.353. The van der Waals surface area contributed by atoms with Crippen molar-refractivity contribution in [1.29, 1.82) is 0 Å². The van der Waals surface area contributed by atoms with Gasteiger partial charge in [0.2, 0.25) is 0 Å². The molecule has 7 heteroatoms. The summed E-state index contributed by atoms with van der Waals surface area (Å²) in [5, 5.41) is 11.8. The fourth-order valence-corrected chi connectivity index (χ4v) is 5.12. The first-order valence-corrected chi connectivity index (χ1v) is 13.9. The predicted molar refractivity (Wildman–Crippen MR) is 161 cm³/mol. The summed E-state index contributed by atoms with van der Waals surface area (Å²) in [4.78, 5) is 28.9. The number of aliphatic hydroxyl groups is 1. The molecule has 0 aliphatic carbocycles. The molecule has 3 aromatic rings. The minimum atomic E-state index is -0.896. The summed E-state index contributed by atoms with van der Waals surface area (Å²) in [5.41, 5.74) is 4.23. The summed E-state index contributed by atoms with van der Waals surface area (Å²) in [5.74, 6) is -0.00205. The SMILES string of the molecule is CCOc1cc(C2/C(=C(\O)c3ccc(OCC)c(C(C)(C)C)c3)C(=O)C(=O)N2c2ccc(C)c(C)c2)ccc1OC. The zero-order valence-electron chi connectivity index (χ0n) is 25.1. The molecule has 7 nitrogen and oxygen atoms in total. The Morgan fingerprint density at radius 3 is 2.12 bits per heavy atom. The molecule has 3 aromatic carbocycles. The largest absolute Gasteiger partial charge is 0.507 e. The van der Waals surface area contributed by atoms with Gasteiger partial charge in [0.15, 0.2) is 11.5 Å². The lowest BCUT2D eigenvalue weighted by Crippen LogP contribution is -2.29. The molecule has 1 unspecified atom stereocenters. The van der Waals surface area contributed by atoms with Crippen molar-refractivity contribution in [3.8, 4) is 17.2 Å². The van der Waals surface area contributed by atoms with Gasteiger partial charge in [-0.1, -0.05) is 32.9 Å². The first-order chi connectivity index (χ1) is 19.4. The minimum Gasteiger partial charge on any atom is -0.507 e. The molecule has 0 saturated carbocycles. The average Bonchev–Trinajstić information content (AvgIpc) is 3.20. The van der Waals surface area contributed by atoms with E-state index in [1.165, 1.54) is 4.90 Å². The number of ketones is 1. The molecule has 1 saturated heterocycles. The molecule has 1 N–H and O–H groups in total. The van der Waals surface area contributed by atoms with E-state index in [4.69, 9.17) is 14.2 Å². The summed E-state index contributed by atoms with van der Waals surface area (Å²) in [6, 6.07) is 15.4. The van der Waals surface area contributed by atoms with Crippen LogP contribution in [-0.2, 0) is 15.0 Å². The van der Waals surface area contributed by atoms with Crippen molar-refractivity contribution in [2.24, 2.45) is 0 Å². The normalized spacial score (nSPS) is 16.7. The summed E-state index contributed by atoms with van der Waals surface area (Å²) in [7, 11) is 1.55. The monoisotopic (exact) mass is 557 g/mol. The topological polar surface area (TPSA) is 85.3 Å². The maximum Gasteiger partial charge on any atom is 0.300 e. The van der Waals surface area contributed by atoms with E-state index in [0.717, 1.165) is 16.7 Å². The third-order valence-corrected chi connectivity index (χ3v) is 7.38. The van der Waals surface area contributed by atoms with Gasteiger partial charge in [-0.05, 0) is 92.3 Å². The number of methoxy groups -OCH3 is 1. The highest BCUT2D eigenvalue weighted by molar-refractivity contribution is 6.51. The van der Waals surface area contributed by atoms with Gasteiger partial charge in [0.1, 0.15) is 11.5 Å². The number of hydrogen-bond acceptors (Lipinski definition) is 6.